The molecule has 132 valence electrons. The zero-order valence-electron chi connectivity index (χ0n) is 14.4. The number of ether oxygens (including phenoxy) is 2. The van der Waals surface area contributed by atoms with Crippen LogP contribution in [-0.2, 0) is 11.3 Å². The maximum Gasteiger partial charge on any atom is 0.257 e. The predicted octanol–water partition coefficient (Wildman–Crippen LogP) is 2.22. The molecular weight excluding hydrogens is 320 g/mol. The number of nitrogens with zero attached hydrogens (tertiary/aromatic N) is 1. The van der Waals surface area contributed by atoms with Crippen molar-refractivity contribution in [2.24, 2.45) is 5.73 Å². The van der Waals surface area contributed by atoms with Gasteiger partial charge in [0.05, 0.1) is 12.7 Å². The second-order valence-corrected chi connectivity index (χ2v) is 5.42. The summed E-state index contributed by atoms with van der Waals surface area (Å²) in [6.45, 7) is 2.64. The Balaban J connectivity index is 2.17. The highest BCUT2D eigenvalue weighted by Gasteiger charge is 2.19. The van der Waals surface area contributed by atoms with Gasteiger partial charge in [-0.25, -0.2) is 0 Å². The Morgan fingerprint density at radius 2 is 1.76 bits per heavy atom. The van der Waals surface area contributed by atoms with E-state index in [0.717, 1.165) is 11.3 Å². The van der Waals surface area contributed by atoms with Gasteiger partial charge in [0.1, 0.15) is 11.5 Å². The maximum atomic E-state index is 12.9. The fraction of sp³-hybridized carbons (Fsp3) is 0.263. The normalized spacial score (nSPS) is 10.2. The molecule has 0 saturated heterocycles. The number of carbonyl (C=O) groups is 2. The van der Waals surface area contributed by atoms with Gasteiger partial charge in [-0.1, -0.05) is 24.3 Å². The average molecular weight is 342 g/mol. The Morgan fingerprint density at radius 1 is 1.08 bits per heavy atom. The van der Waals surface area contributed by atoms with Gasteiger partial charge in [-0.3, -0.25) is 9.59 Å². The van der Waals surface area contributed by atoms with E-state index in [0.29, 0.717) is 24.4 Å². The Labute approximate surface area is 147 Å². The van der Waals surface area contributed by atoms with E-state index in [2.05, 4.69) is 0 Å². The van der Waals surface area contributed by atoms with Crippen LogP contribution in [0.2, 0.25) is 0 Å². The van der Waals surface area contributed by atoms with Crippen LogP contribution in [-0.4, -0.2) is 37.0 Å². The Morgan fingerprint density at radius 3 is 2.36 bits per heavy atom. The molecule has 0 heterocycles. The van der Waals surface area contributed by atoms with Crippen molar-refractivity contribution in [1.82, 2.24) is 4.90 Å². The third-order valence-electron chi connectivity index (χ3n) is 3.69. The second kappa shape index (κ2) is 8.73. The van der Waals surface area contributed by atoms with Gasteiger partial charge in [-0.2, -0.15) is 0 Å². The number of rotatable bonds is 8. The van der Waals surface area contributed by atoms with Crippen molar-refractivity contribution >= 4 is 11.8 Å². The van der Waals surface area contributed by atoms with Crippen molar-refractivity contribution in [3.8, 4) is 11.5 Å². The Kier molecular flexibility index (Phi) is 6.39. The van der Waals surface area contributed by atoms with Crippen LogP contribution in [0.1, 0.15) is 22.8 Å². The first-order chi connectivity index (χ1) is 12.0. The summed E-state index contributed by atoms with van der Waals surface area (Å²) >= 11 is 0. The van der Waals surface area contributed by atoms with Crippen molar-refractivity contribution in [1.29, 1.82) is 0 Å². The molecule has 2 aromatic rings. The lowest BCUT2D eigenvalue weighted by atomic mass is 10.1. The van der Waals surface area contributed by atoms with Gasteiger partial charge in [-0.15, -0.1) is 0 Å². The molecule has 0 bridgehead atoms. The van der Waals surface area contributed by atoms with E-state index in [-0.39, 0.29) is 12.5 Å². The molecule has 2 amide bonds. The number of benzene rings is 2. The molecule has 0 aliphatic heterocycles. The average Bonchev–Trinajstić information content (AvgIpc) is 2.64. The fourth-order valence-corrected chi connectivity index (χ4v) is 2.37. The summed E-state index contributed by atoms with van der Waals surface area (Å²) < 4.78 is 10.5. The molecule has 0 aliphatic carbocycles. The van der Waals surface area contributed by atoms with E-state index in [9.17, 15) is 9.59 Å². The largest absolute Gasteiger partial charge is 0.497 e. The molecule has 0 saturated carbocycles. The zero-order valence-corrected chi connectivity index (χ0v) is 14.4. The molecule has 2 N–H and O–H groups in total. The minimum Gasteiger partial charge on any atom is -0.497 e. The van der Waals surface area contributed by atoms with Gasteiger partial charge in [-0.05, 0) is 36.8 Å². The van der Waals surface area contributed by atoms with Crippen molar-refractivity contribution in [2.45, 2.75) is 13.5 Å². The summed E-state index contributed by atoms with van der Waals surface area (Å²) in [6.07, 6.45) is 0. The van der Waals surface area contributed by atoms with E-state index >= 15 is 0 Å². The van der Waals surface area contributed by atoms with Gasteiger partial charge >= 0.3 is 0 Å². The SMILES string of the molecule is CCN(Cc1ccc(OC)cc1)C(=O)c1ccccc1OCC(N)=O. The molecule has 0 fully saturated rings. The van der Waals surface area contributed by atoms with E-state index in [1.165, 1.54) is 0 Å². The number of nitrogens with two attached hydrogens (primary N) is 1. The van der Waals surface area contributed by atoms with Crippen LogP contribution in [0.4, 0.5) is 0 Å². The first-order valence-corrected chi connectivity index (χ1v) is 7.97. The van der Waals surface area contributed by atoms with Crippen molar-refractivity contribution in [2.75, 3.05) is 20.3 Å². The number of amides is 2. The van der Waals surface area contributed by atoms with Crippen molar-refractivity contribution in [3.05, 3.63) is 59.7 Å². The number of methoxy groups -OCH3 is 1. The second-order valence-electron chi connectivity index (χ2n) is 5.42. The van der Waals surface area contributed by atoms with E-state index in [4.69, 9.17) is 15.2 Å². The fourth-order valence-electron chi connectivity index (χ4n) is 2.37. The number of hydrogen-bond acceptors (Lipinski definition) is 4. The zero-order chi connectivity index (χ0) is 18.2. The van der Waals surface area contributed by atoms with Crippen LogP contribution in [0.25, 0.3) is 0 Å². The van der Waals surface area contributed by atoms with E-state index < -0.39 is 5.91 Å². The Bertz CT molecular complexity index is 728. The molecule has 6 nitrogen and oxygen atoms in total. The third-order valence-corrected chi connectivity index (χ3v) is 3.69. The first-order valence-electron chi connectivity index (χ1n) is 7.97. The summed E-state index contributed by atoms with van der Waals surface area (Å²) in [4.78, 5) is 25.5. The summed E-state index contributed by atoms with van der Waals surface area (Å²) in [5.74, 6) is 0.356. The molecule has 0 atom stereocenters. The van der Waals surface area contributed by atoms with Crippen LogP contribution in [0.15, 0.2) is 48.5 Å². The summed E-state index contributed by atoms with van der Waals surface area (Å²) in [6, 6.07) is 14.4. The van der Waals surface area contributed by atoms with Gasteiger partial charge in [0.2, 0.25) is 0 Å². The number of hydrogen-bond donors (Lipinski definition) is 1. The first kappa shape index (κ1) is 18.3. The molecular formula is C19H22N2O4. The number of para-hydroxylation sites is 1. The highest BCUT2D eigenvalue weighted by molar-refractivity contribution is 5.97. The maximum absolute atomic E-state index is 12.9. The van der Waals surface area contributed by atoms with Crippen molar-refractivity contribution < 1.29 is 19.1 Å². The van der Waals surface area contributed by atoms with Crippen LogP contribution >= 0.6 is 0 Å². The summed E-state index contributed by atoms with van der Waals surface area (Å²) in [5, 5.41) is 0. The standard InChI is InChI=1S/C19H22N2O4/c1-3-21(12-14-8-10-15(24-2)11-9-14)19(23)16-6-4-5-7-17(16)25-13-18(20)22/h4-11H,3,12-13H2,1-2H3,(H2,20,22). The lowest BCUT2D eigenvalue weighted by Gasteiger charge is -2.22. The van der Waals surface area contributed by atoms with Gasteiger partial charge < -0.3 is 20.1 Å². The highest BCUT2D eigenvalue weighted by atomic mass is 16.5. The molecule has 0 aromatic heterocycles. The van der Waals surface area contributed by atoms with Crippen molar-refractivity contribution in [3.63, 3.8) is 0 Å². The molecule has 6 heteroatoms. The molecule has 0 unspecified atom stereocenters. The molecule has 0 radical (unpaired) electrons. The van der Waals surface area contributed by atoms with Crippen LogP contribution in [0.3, 0.4) is 0 Å². The van der Waals surface area contributed by atoms with Gasteiger partial charge in [0.25, 0.3) is 11.8 Å². The molecule has 2 rings (SSSR count). The molecule has 0 spiro atoms. The topological polar surface area (TPSA) is 81.9 Å². The number of carbonyl (C=O) groups excluding carboxylic acids is 2. The lowest BCUT2D eigenvalue weighted by Crippen LogP contribution is -2.31. The Hall–Kier alpha value is -3.02. The van der Waals surface area contributed by atoms with Crippen LogP contribution in [0, 0.1) is 0 Å². The molecule has 0 aliphatic rings. The predicted molar refractivity (Wildman–Crippen MR) is 94.5 cm³/mol. The molecule has 25 heavy (non-hydrogen) atoms. The highest BCUT2D eigenvalue weighted by Crippen LogP contribution is 2.21. The minimum absolute atomic E-state index is 0.168. The summed E-state index contributed by atoms with van der Waals surface area (Å²) in [5.41, 5.74) is 6.50. The van der Waals surface area contributed by atoms with E-state index in [1.54, 1.807) is 36.3 Å². The van der Waals surface area contributed by atoms with Crippen LogP contribution in [0.5, 0.6) is 11.5 Å². The number of primary amides is 1. The van der Waals surface area contributed by atoms with Gasteiger partial charge in [0, 0.05) is 13.1 Å². The monoisotopic (exact) mass is 342 g/mol. The van der Waals surface area contributed by atoms with Gasteiger partial charge in [0.15, 0.2) is 6.61 Å². The smallest absolute Gasteiger partial charge is 0.257 e. The van der Waals surface area contributed by atoms with E-state index in [1.807, 2.05) is 31.2 Å². The van der Waals surface area contributed by atoms with Crippen LogP contribution < -0.4 is 15.2 Å². The summed E-state index contributed by atoms with van der Waals surface area (Å²) in [7, 11) is 1.61. The quantitative estimate of drug-likeness (QED) is 0.797. The minimum atomic E-state index is -0.590. The lowest BCUT2D eigenvalue weighted by molar-refractivity contribution is -0.119. The third kappa shape index (κ3) is 4.97. The molecule has 2 aromatic carbocycles.